The average molecular weight is 169 g/mol. The Morgan fingerprint density at radius 2 is 2.58 bits per heavy atom. The minimum absolute atomic E-state index is 0.375. The number of carbonyl (C=O) groups is 1. The first-order valence-corrected chi connectivity index (χ1v) is 3.60. The van der Waals surface area contributed by atoms with Crippen molar-refractivity contribution in [2.24, 2.45) is 5.73 Å². The first kappa shape index (κ1) is 8.80. The molecular weight excluding hydrogens is 158 g/mol. The Labute approximate surface area is 70.3 Å². The minimum atomic E-state index is -0.638. The molecule has 0 spiro atoms. The zero-order valence-electron chi connectivity index (χ0n) is 6.82. The highest BCUT2D eigenvalue weighted by atomic mass is 16.5. The molecule has 0 aromatic carbocycles. The second kappa shape index (κ2) is 3.92. The van der Waals surface area contributed by atoms with Gasteiger partial charge in [-0.1, -0.05) is 0 Å². The molecule has 1 atom stereocenters. The molecule has 0 radical (unpaired) electrons. The predicted molar refractivity (Wildman–Crippen MR) is 42.4 cm³/mol. The van der Waals surface area contributed by atoms with Gasteiger partial charge in [0.05, 0.1) is 13.4 Å². The maximum absolute atomic E-state index is 10.8. The number of carbonyl (C=O) groups excluding carboxylic acids is 1. The Balaban J connectivity index is 2.47. The van der Waals surface area contributed by atoms with E-state index in [1.165, 1.54) is 7.11 Å². The van der Waals surface area contributed by atoms with Gasteiger partial charge in [-0.05, 0) is 12.1 Å². The van der Waals surface area contributed by atoms with Crippen molar-refractivity contribution in [1.29, 1.82) is 0 Å². The van der Waals surface area contributed by atoms with Crippen molar-refractivity contribution in [2.75, 3.05) is 7.11 Å². The van der Waals surface area contributed by atoms with Gasteiger partial charge in [-0.3, -0.25) is 4.79 Å². The predicted octanol–water partition coefficient (Wildman–Crippen LogP) is 0.322. The zero-order valence-corrected chi connectivity index (χ0v) is 6.82. The molecule has 1 rings (SSSR count). The van der Waals surface area contributed by atoms with E-state index in [9.17, 15) is 4.79 Å². The number of methoxy groups -OCH3 is 1. The van der Waals surface area contributed by atoms with Crippen LogP contribution < -0.4 is 5.73 Å². The van der Waals surface area contributed by atoms with E-state index in [1.54, 1.807) is 18.4 Å². The SMILES string of the molecule is COC(=O)C(N)Cc1ccco1. The second-order valence-corrected chi connectivity index (χ2v) is 2.41. The summed E-state index contributed by atoms with van der Waals surface area (Å²) in [7, 11) is 1.31. The lowest BCUT2D eigenvalue weighted by molar-refractivity contribution is -0.142. The van der Waals surface area contributed by atoms with Gasteiger partial charge in [-0.15, -0.1) is 0 Å². The largest absolute Gasteiger partial charge is 0.469 e. The molecule has 1 aromatic heterocycles. The van der Waals surface area contributed by atoms with Crippen molar-refractivity contribution in [3.63, 3.8) is 0 Å². The van der Waals surface area contributed by atoms with Crippen LogP contribution in [0.15, 0.2) is 22.8 Å². The molecule has 1 heterocycles. The summed E-state index contributed by atoms with van der Waals surface area (Å²) < 4.78 is 9.47. The van der Waals surface area contributed by atoms with Gasteiger partial charge in [0.25, 0.3) is 0 Å². The van der Waals surface area contributed by atoms with Crippen LogP contribution in [0.1, 0.15) is 5.76 Å². The lowest BCUT2D eigenvalue weighted by Crippen LogP contribution is -2.33. The van der Waals surface area contributed by atoms with Crippen molar-refractivity contribution in [3.8, 4) is 0 Å². The zero-order chi connectivity index (χ0) is 8.97. The van der Waals surface area contributed by atoms with Crippen LogP contribution in [0.2, 0.25) is 0 Å². The quantitative estimate of drug-likeness (QED) is 0.662. The molecule has 0 saturated carbocycles. The van der Waals surface area contributed by atoms with Crippen LogP contribution in [0, 0.1) is 0 Å². The summed E-state index contributed by atoms with van der Waals surface area (Å²) in [6.07, 6.45) is 1.92. The van der Waals surface area contributed by atoms with E-state index < -0.39 is 12.0 Å². The van der Waals surface area contributed by atoms with Crippen molar-refractivity contribution in [1.82, 2.24) is 0 Å². The van der Waals surface area contributed by atoms with E-state index in [0.717, 1.165) is 0 Å². The third-order valence-corrected chi connectivity index (χ3v) is 1.51. The lowest BCUT2D eigenvalue weighted by atomic mass is 10.2. The number of rotatable bonds is 3. The summed E-state index contributed by atoms with van der Waals surface area (Å²) in [4.78, 5) is 10.8. The Kier molecular flexibility index (Phi) is 2.88. The Morgan fingerprint density at radius 3 is 3.08 bits per heavy atom. The third-order valence-electron chi connectivity index (χ3n) is 1.51. The number of furan rings is 1. The molecule has 4 nitrogen and oxygen atoms in total. The van der Waals surface area contributed by atoms with E-state index >= 15 is 0 Å². The van der Waals surface area contributed by atoms with Crippen LogP contribution in [-0.4, -0.2) is 19.1 Å². The Morgan fingerprint density at radius 1 is 1.83 bits per heavy atom. The number of hydrogen-bond donors (Lipinski definition) is 1. The first-order valence-electron chi connectivity index (χ1n) is 3.60. The van der Waals surface area contributed by atoms with Gasteiger partial charge in [-0.25, -0.2) is 0 Å². The normalized spacial score (nSPS) is 12.5. The van der Waals surface area contributed by atoms with Gasteiger partial charge in [0.15, 0.2) is 0 Å². The fourth-order valence-electron chi connectivity index (χ4n) is 0.880. The highest BCUT2D eigenvalue weighted by Gasteiger charge is 2.15. The van der Waals surface area contributed by atoms with Crippen molar-refractivity contribution < 1.29 is 13.9 Å². The van der Waals surface area contributed by atoms with Crippen LogP contribution in [0.4, 0.5) is 0 Å². The van der Waals surface area contributed by atoms with E-state index in [4.69, 9.17) is 10.2 Å². The molecule has 0 aliphatic rings. The first-order chi connectivity index (χ1) is 5.74. The minimum Gasteiger partial charge on any atom is -0.469 e. The summed E-state index contributed by atoms with van der Waals surface area (Å²) in [5.74, 6) is 0.263. The lowest BCUT2D eigenvalue weighted by Gasteiger charge is -2.05. The highest BCUT2D eigenvalue weighted by molar-refractivity contribution is 5.75. The molecule has 0 saturated heterocycles. The molecule has 1 aromatic rings. The summed E-state index contributed by atoms with van der Waals surface area (Å²) in [5, 5.41) is 0. The summed E-state index contributed by atoms with van der Waals surface area (Å²) in [6, 6.07) is 2.88. The number of ether oxygens (including phenoxy) is 1. The molecule has 0 aliphatic heterocycles. The van der Waals surface area contributed by atoms with E-state index in [0.29, 0.717) is 12.2 Å². The van der Waals surface area contributed by atoms with Gasteiger partial charge in [-0.2, -0.15) is 0 Å². The van der Waals surface area contributed by atoms with E-state index in [1.807, 2.05) is 0 Å². The Hall–Kier alpha value is -1.29. The Bertz CT molecular complexity index is 243. The molecule has 4 heteroatoms. The van der Waals surface area contributed by atoms with Crippen LogP contribution in [0.5, 0.6) is 0 Å². The number of nitrogens with two attached hydrogens (primary N) is 1. The molecule has 66 valence electrons. The number of esters is 1. The molecule has 0 aliphatic carbocycles. The maximum Gasteiger partial charge on any atom is 0.323 e. The molecule has 0 fully saturated rings. The van der Waals surface area contributed by atoms with E-state index in [2.05, 4.69) is 4.74 Å². The van der Waals surface area contributed by atoms with Gasteiger partial charge in [0.2, 0.25) is 0 Å². The smallest absolute Gasteiger partial charge is 0.323 e. The highest BCUT2D eigenvalue weighted by Crippen LogP contribution is 2.03. The molecule has 12 heavy (non-hydrogen) atoms. The fraction of sp³-hybridized carbons (Fsp3) is 0.375. The average Bonchev–Trinajstić information content (AvgIpc) is 2.55. The molecular formula is C8H11NO3. The molecule has 0 amide bonds. The van der Waals surface area contributed by atoms with Crippen molar-refractivity contribution in [3.05, 3.63) is 24.2 Å². The molecule has 0 bridgehead atoms. The molecule has 2 N–H and O–H groups in total. The van der Waals surface area contributed by atoms with Crippen LogP contribution in [-0.2, 0) is 16.0 Å². The summed E-state index contributed by atoms with van der Waals surface area (Å²) >= 11 is 0. The summed E-state index contributed by atoms with van der Waals surface area (Å²) in [6.45, 7) is 0. The van der Waals surface area contributed by atoms with Gasteiger partial charge < -0.3 is 14.9 Å². The van der Waals surface area contributed by atoms with Gasteiger partial charge in [0, 0.05) is 6.42 Å². The van der Waals surface area contributed by atoms with Gasteiger partial charge >= 0.3 is 5.97 Å². The monoisotopic (exact) mass is 169 g/mol. The second-order valence-electron chi connectivity index (χ2n) is 2.41. The van der Waals surface area contributed by atoms with Crippen LogP contribution in [0.3, 0.4) is 0 Å². The standard InChI is InChI=1S/C8H11NO3/c1-11-8(10)7(9)5-6-3-2-4-12-6/h2-4,7H,5,9H2,1H3. The van der Waals surface area contributed by atoms with Gasteiger partial charge in [0.1, 0.15) is 11.8 Å². The summed E-state index contributed by atoms with van der Waals surface area (Å²) in [5.41, 5.74) is 5.48. The topological polar surface area (TPSA) is 65.5 Å². The van der Waals surface area contributed by atoms with Crippen LogP contribution >= 0.6 is 0 Å². The fourth-order valence-corrected chi connectivity index (χ4v) is 0.880. The van der Waals surface area contributed by atoms with E-state index in [-0.39, 0.29) is 0 Å². The number of hydrogen-bond acceptors (Lipinski definition) is 4. The maximum atomic E-state index is 10.8. The van der Waals surface area contributed by atoms with Crippen molar-refractivity contribution in [2.45, 2.75) is 12.5 Å². The third kappa shape index (κ3) is 2.10. The molecule has 1 unspecified atom stereocenters. The van der Waals surface area contributed by atoms with Crippen molar-refractivity contribution >= 4 is 5.97 Å². The van der Waals surface area contributed by atoms with Crippen LogP contribution in [0.25, 0.3) is 0 Å².